The quantitative estimate of drug-likeness (QED) is 0.304. The summed E-state index contributed by atoms with van der Waals surface area (Å²) in [6.45, 7) is 19.9. The number of aliphatic hydroxyl groups excluding tert-OH is 2. The minimum Gasteiger partial charge on any atom is -0.393 e. The lowest BCUT2D eigenvalue weighted by Crippen LogP contribution is -2.61. The van der Waals surface area contributed by atoms with Gasteiger partial charge in [0.05, 0.1) is 55.7 Å². The molecule has 2 aliphatic heterocycles. The number of fused-ring (bicyclic) bond motifs is 2. The van der Waals surface area contributed by atoms with Gasteiger partial charge in [0.1, 0.15) is 6.10 Å². The average Bonchev–Trinajstić information content (AvgIpc) is 3.65. The van der Waals surface area contributed by atoms with E-state index in [2.05, 4.69) is 34.6 Å². The van der Waals surface area contributed by atoms with Gasteiger partial charge in [0.15, 0.2) is 6.29 Å². The monoisotopic (exact) mass is 689 g/mol. The Labute approximate surface area is 295 Å². The van der Waals surface area contributed by atoms with Crippen LogP contribution in [0.1, 0.15) is 113 Å². The summed E-state index contributed by atoms with van der Waals surface area (Å²) in [6.07, 6.45) is 7.47. The largest absolute Gasteiger partial charge is 0.393 e. The van der Waals surface area contributed by atoms with Crippen LogP contribution in [-0.2, 0) is 23.7 Å². The standard InChI is InChI=1S/C40H67NO8/c1-24(18-26(46-9)32(43)35(4,5)45)25-19-29(42)38(8)28-11-10-27-34(2,3)30(12-13-39(27)21-40(28,39)15-14-37(25,38)7)49-31-20-41(16-17-48-31)33(44)36(6)22-47-23-36/h24-32,42-43,45H,10-23H2,1-9H3/t24-,25-,26?,27+,28?,29+,30+,31+,32+,37-,38-,39-,40?/m1/s1. The van der Waals surface area contributed by atoms with E-state index in [0.29, 0.717) is 62.5 Å². The van der Waals surface area contributed by atoms with Crippen LogP contribution < -0.4 is 0 Å². The SMILES string of the molecule is COC(C[C@@H](C)[C@H]1C[C@H](O)[C@@]2(C)C3CC[C@H]4C(C)(C)[C@@H](O[C@H]5CN(C(=O)C6(C)COC6)CCO5)CC[C@@]45CC35CC[C@]12C)[C@H](O)C(C)(C)O. The molecule has 7 fully saturated rings. The average molecular weight is 690 g/mol. The van der Waals surface area contributed by atoms with Crippen molar-refractivity contribution in [2.24, 2.45) is 56.2 Å². The molecule has 1 amide bonds. The fraction of sp³-hybridized carbons (Fsp3) is 0.975. The second kappa shape index (κ2) is 11.8. The molecule has 2 saturated heterocycles. The zero-order valence-corrected chi connectivity index (χ0v) is 31.9. The lowest BCUT2D eigenvalue weighted by molar-refractivity contribution is -0.250. The van der Waals surface area contributed by atoms with Crippen molar-refractivity contribution >= 4 is 5.91 Å². The first-order valence-electron chi connectivity index (χ1n) is 19.6. The molecular weight excluding hydrogens is 622 g/mol. The minimum absolute atomic E-state index is 0.00349. The van der Waals surface area contributed by atoms with E-state index in [1.54, 1.807) is 21.0 Å². The molecular formula is C40H67NO8. The topological polar surface area (TPSA) is 118 Å². The Morgan fingerprint density at radius 3 is 2.33 bits per heavy atom. The summed E-state index contributed by atoms with van der Waals surface area (Å²) in [7, 11) is 1.63. The van der Waals surface area contributed by atoms with E-state index in [4.69, 9.17) is 18.9 Å². The number of hydrogen-bond donors (Lipinski definition) is 3. The van der Waals surface area contributed by atoms with Crippen LogP contribution in [0.5, 0.6) is 0 Å². The Kier molecular flexibility index (Phi) is 8.83. The van der Waals surface area contributed by atoms with E-state index < -0.39 is 29.5 Å². The molecule has 3 N–H and O–H groups in total. The summed E-state index contributed by atoms with van der Waals surface area (Å²) in [6, 6.07) is 0. The highest BCUT2D eigenvalue weighted by molar-refractivity contribution is 5.83. The van der Waals surface area contributed by atoms with Gasteiger partial charge in [-0.3, -0.25) is 4.79 Å². The summed E-state index contributed by atoms with van der Waals surface area (Å²) >= 11 is 0. The maximum absolute atomic E-state index is 13.3. The maximum Gasteiger partial charge on any atom is 0.233 e. The fourth-order valence-corrected chi connectivity index (χ4v) is 13.8. The van der Waals surface area contributed by atoms with Gasteiger partial charge in [-0.05, 0) is 124 Å². The number of amides is 1. The lowest BCUT2D eigenvalue weighted by atomic mass is 9.41. The molecule has 0 aromatic rings. The van der Waals surface area contributed by atoms with Gasteiger partial charge in [0, 0.05) is 19.1 Å². The Balaban J connectivity index is 1.06. The van der Waals surface area contributed by atoms with Gasteiger partial charge in [0.2, 0.25) is 5.91 Å². The fourth-order valence-electron chi connectivity index (χ4n) is 13.8. The second-order valence-corrected chi connectivity index (χ2v) is 19.9. The highest BCUT2D eigenvalue weighted by atomic mass is 16.7. The van der Waals surface area contributed by atoms with Crippen molar-refractivity contribution in [2.75, 3.05) is 40.0 Å². The normalized spacial score (nSPS) is 47.1. The predicted molar refractivity (Wildman–Crippen MR) is 185 cm³/mol. The second-order valence-electron chi connectivity index (χ2n) is 19.9. The minimum atomic E-state index is -1.24. The Hall–Kier alpha value is -0.810. The number of hydrogen-bond acceptors (Lipinski definition) is 8. The molecule has 3 unspecified atom stereocenters. The zero-order chi connectivity index (χ0) is 35.6. The van der Waals surface area contributed by atoms with Gasteiger partial charge in [0.25, 0.3) is 0 Å². The van der Waals surface area contributed by atoms with Crippen LogP contribution in [0, 0.1) is 56.2 Å². The molecule has 9 nitrogen and oxygen atoms in total. The van der Waals surface area contributed by atoms with Crippen LogP contribution in [0.4, 0.5) is 0 Å². The van der Waals surface area contributed by atoms with Crippen LogP contribution in [0.25, 0.3) is 0 Å². The molecule has 0 aromatic heterocycles. The van der Waals surface area contributed by atoms with Crippen LogP contribution in [0.3, 0.4) is 0 Å². The van der Waals surface area contributed by atoms with Crippen LogP contribution >= 0.6 is 0 Å². The van der Waals surface area contributed by atoms with Gasteiger partial charge in [-0.15, -0.1) is 0 Å². The van der Waals surface area contributed by atoms with Crippen molar-refractivity contribution in [1.82, 2.24) is 4.90 Å². The highest BCUT2D eigenvalue weighted by Gasteiger charge is 2.83. The van der Waals surface area contributed by atoms with E-state index in [-0.39, 0.29) is 45.7 Å². The zero-order valence-electron chi connectivity index (χ0n) is 31.9. The van der Waals surface area contributed by atoms with Crippen molar-refractivity contribution in [2.45, 2.75) is 149 Å². The predicted octanol–water partition coefficient (Wildman–Crippen LogP) is 5.18. The Morgan fingerprint density at radius 1 is 1.02 bits per heavy atom. The van der Waals surface area contributed by atoms with Crippen molar-refractivity contribution in [1.29, 1.82) is 0 Å². The number of ether oxygens (including phenoxy) is 4. The molecule has 5 aliphatic carbocycles. The molecule has 7 rings (SSSR count). The van der Waals surface area contributed by atoms with E-state index in [9.17, 15) is 20.1 Å². The number of morpholine rings is 1. The van der Waals surface area contributed by atoms with Gasteiger partial charge >= 0.3 is 0 Å². The number of rotatable bonds is 9. The van der Waals surface area contributed by atoms with E-state index in [1.807, 2.05) is 11.8 Å². The number of carbonyl (C=O) groups excluding carboxylic acids is 1. The summed E-state index contributed by atoms with van der Waals surface area (Å²) in [5.41, 5.74) is -1.25. The first-order chi connectivity index (χ1) is 22.8. The molecule has 49 heavy (non-hydrogen) atoms. The van der Waals surface area contributed by atoms with E-state index >= 15 is 0 Å². The summed E-state index contributed by atoms with van der Waals surface area (Å²) in [5.74, 6) is 1.78. The highest BCUT2D eigenvalue weighted by Crippen LogP contribution is 2.89. The first kappa shape index (κ1) is 36.5. The number of aliphatic hydroxyl groups is 3. The first-order valence-corrected chi connectivity index (χ1v) is 19.6. The number of nitrogens with zero attached hydrogens (tertiary/aromatic N) is 1. The van der Waals surface area contributed by atoms with Crippen LogP contribution in [-0.4, -0.2) is 102 Å². The van der Waals surface area contributed by atoms with E-state index in [1.165, 1.54) is 19.3 Å². The molecule has 0 bridgehead atoms. The molecule has 7 aliphatic rings. The molecule has 5 saturated carbocycles. The summed E-state index contributed by atoms with van der Waals surface area (Å²) < 4.78 is 24.1. The summed E-state index contributed by atoms with van der Waals surface area (Å²) in [4.78, 5) is 15.2. The third-order valence-corrected chi connectivity index (χ3v) is 16.9. The Bertz CT molecular complexity index is 1280. The molecule has 13 atom stereocenters. The lowest BCUT2D eigenvalue weighted by Gasteiger charge is -2.64. The molecule has 0 radical (unpaired) electrons. The third-order valence-electron chi connectivity index (χ3n) is 16.9. The molecule has 0 aromatic carbocycles. The molecule has 2 spiro atoms. The van der Waals surface area contributed by atoms with Gasteiger partial charge in [-0.2, -0.15) is 0 Å². The smallest absolute Gasteiger partial charge is 0.233 e. The Morgan fingerprint density at radius 2 is 1.69 bits per heavy atom. The molecule has 9 heteroatoms. The maximum atomic E-state index is 13.3. The third kappa shape index (κ3) is 5.12. The van der Waals surface area contributed by atoms with Gasteiger partial charge in [-0.25, -0.2) is 0 Å². The summed E-state index contributed by atoms with van der Waals surface area (Å²) in [5, 5.41) is 33.6. The van der Waals surface area contributed by atoms with Gasteiger partial charge < -0.3 is 39.2 Å². The molecule has 280 valence electrons. The van der Waals surface area contributed by atoms with E-state index in [0.717, 1.165) is 32.1 Å². The van der Waals surface area contributed by atoms with Crippen molar-refractivity contribution in [3.8, 4) is 0 Å². The van der Waals surface area contributed by atoms with Crippen molar-refractivity contribution in [3.63, 3.8) is 0 Å². The number of methoxy groups -OCH3 is 1. The van der Waals surface area contributed by atoms with Gasteiger partial charge in [-0.1, -0.05) is 34.6 Å². The van der Waals surface area contributed by atoms with Crippen molar-refractivity contribution in [3.05, 3.63) is 0 Å². The van der Waals surface area contributed by atoms with Crippen LogP contribution in [0.15, 0.2) is 0 Å². The van der Waals surface area contributed by atoms with Crippen LogP contribution in [0.2, 0.25) is 0 Å². The van der Waals surface area contributed by atoms with Crippen molar-refractivity contribution < 1.29 is 39.1 Å². The number of carbonyl (C=O) groups is 1. The molecule has 2 heterocycles.